The molecule has 0 aromatic heterocycles. The Kier molecular flexibility index (Phi) is 4.68. The molecule has 0 aliphatic carbocycles. The molecule has 2 aromatic rings. The minimum atomic E-state index is -0.974. The summed E-state index contributed by atoms with van der Waals surface area (Å²) in [6.45, 7) is 1.42. The lowest BCUT2D eigenvalue weighted by Crippen LogP contribution is -2.40. The lowest BCUT2D eigenvalue weighted by Gasteiger charge is -2.33. The van der Waals surface area contributed by atoms with Gasteiger partial charge in [-0.2, -0.15) is 0 Å². The fraction of sp³-hybridized carbons (Fsp3) is 0.250. The number of carboxylic acids is 1. The molecule has 2 N–H and O–H groups in total. The number of halogens is 1. The van der Waals surface area contributed by atoms with Crippen LogP contribution in [-0.4, -0.2) is 47.5 Å². The highest BCUT2D eigenvalue weighted by Gasteiger charge is 2.33. The van der Waals surface area contributed by atoms with E-state index in [1.54, 1.807) is 35.2 Å². The highest BCUT2D eigenvalue weighted by atomic mass is 35.5. The fourth-order valence-corrected chi connectivity index (χ4v) is 3.90. The van der Waals surface area contributed by atoms with Crippen molar-refractivity contribution in [3.63, 3.8) is 0 Å². The Labute approximate surface area is 166 Å². The van der Waals surface area contributed by atoms with Gasteiger partial charge >= 0.3 is 12.0 Å². The first kappa shape index (κ1) is 18.3. The Bertz CT molecular complexity index is 978. The molecule has 0 radical (unpaired) electrons. The van der Waals surface area contributed by atoms with E-state index in [9.17, 15) is 19.5 Å². The van der Waals surface area contributed by atoms with Gasteiger partial charge in [0.05, 0.1) is 16.5 Å². The van der Waals surface area contributed by atoms with E-state index in [-0.39, 0.29) is 29.1 Å². The molecule has 2 aliphatic rings. The summed E-state index contributed by atoms with van der Waals surface area (Å²) in [5, 5.41) is 12.6. The highest BCUT2D eigenvalue weighted by molar-refractivity contribution is 6.34. The molecule has 2 aromatic carbocycles. The van der Waals surface area contributed by atoms with Crippen LogP contribution in [0.15, 0.2) is 42.5 Å². The zero-order valence-corrected chi connectivity index (χ0v) is 15.6. The van der Waals surface area contributed by atoms with Crippen molar-refractivity contribution in [2.75, 3.05) is 24.5 Å². The van der Waals surface area contributed by atoms with Crippen LogP contribution in [0.2, 0.25) is 5.02 Å². The van der Waals surface area contributed by atoms with Gasteiger partial charge in [-0.3, -0.25) is 14.5 Å². The van der Waals surface area contributed by atoms with Crippen LogP contribution in [0, 0.1) is 0 Å². The van der Waals surface area contributed by atoms with Gasteiger partial charge in [-0.25, -0.2) is 4.79 Å². The summed E-state index contributed by atoms with van der Waals surface area (Å²) in [5.41, 5.74) is 2.37. The number of urea groups is 1. The molecule has 2 heterocycles. The Balaban J connectivity index is 1.66. The lowest BCUT2D eigenvalue weighted by molar-refractivity contribution is -0.139. The van der Waals surface area contributed by atoms with Gasteiger partial charge in [-0.15, -0.1) is 0 Å². The summed E-state index contributed by atoms with van der Waals surface area (Å²) in [6.07, 6.45) is 0. The van der Waals surface area contributed by atoms with Gasteiger partial charge in [0.15, 0.2) is 0 Å². The van der Waals surface area contributed by atoms with Crippen LogP contribution < -0.4 is 10.2 Å². The molecule has 28 heavy (non-hydrogen) atoms. The van der Waals surface area contributed by atoms with Crippen LogP contribution in [0.25, 0.3) is 0 Å². The summed E-state index contributed by atoms with van der Waals surface area (Å²) in [6, 6.07) is 11.9. The van der Waals surface area contributed by atoms with Gasteiger partial charge in [-0.05, 0) is 29.3 Å². The molecule has 3 amide bonds. The number of carbonyl (C=O) groups excluding carboxylic acids is 2. The minimum Gasteiger partial charge on any atom is -0.481 e. The average molecular weight is 400 g/mol. The number of aliphatic carboxylic acids is 1. The Morgan fingerprint density at radius 1 is 1.18 bits per heavy atom. The molecule has 7 nitrogen and oxygen atoms in total. The van der Waals surface area contributed by atoms with E-state index < -0.39 is 11.9 Å². The second-order valence-electron chi connectivity index (χ2n) is 6.82. The molecule has 0 spiro atoms. The first-order valence-electron chi connectivity index (χ1n) is 8.90. The second kappa shape index (κ2) is 7.16. The van der Waals surface area contributed by atoms with Gasteiger partial charge in [-0.1, -0.05) is 35.9 Å². The summed E-state index contributed by atoms with van der Waals surface area (Å²) < 4.78 is 0. The van der Waals surface area contributed by atoms with Crippen LogP contribution >= 0.6 is 11.6 Å². The molecule has 8 heteroatoms. The first-order chi connectivity index (χ1) is 13.5. The van der Waals surface area contributed by atoms with Crippen molar-refractivity contribution in [3.8, 4) is 0 Å². The molecule has 2 aliphatic heterocycles. The average Bonchev–Trinajstić information content (AvgIpc) is 3.12. The largest absolute Gasteiger partial charge is 0.481 e. The number of anilines is 1. The van der Waals surface area contributed by atoms with Crippen molar-refractivity contribution < 1.29 is 19.5 Å². The molecule has 0 saturated carbocycles. The van der Waals surface area contributed by atoms with Crippen LogP contribution in [-0.2, 0) is 11.3 Å². The molecule has 1 unspecified atom stereocenters. The number of carbonyl (C=O) groups is 3. The smallest absolute Gasteiger partial charge is 0.321 e. The maximum Gasteiger partial charge on any atom is 0.321 e. The van der Waals surface area contributed by atoms with E-state index in [2.05, 4.69) is 5.32 Å². The Hall–Kier alpha value is -3.06. The maximum absolute atomic E-state index is 13.2. The van der Waals surface area contributed by atoms with Crippen molar-refractivity contribution in [3.05, 3.63) is 64.2 Å². The summed E-state index contributed by atoms with van der Waals surface area (Å²) in [5.74, 6) is -2.12. The quantitative estimate of drug-likeness (QED) is 0.830. The molecular weight excluding hydrogens is 382 g/mol. The summed E-state index contributed by atoms with van der Waals surface area (Å²) >= 11 is 6.27. The highest BCUT2D eigenvalue weighted by Crippen LogP contribution is 2.31. The number of nitrogens with one attached hydrogen (secondary N) is 1. The Morgan fingerprint density at radius 3 is 2.68 bits per heavy atom. The van der Waals surface area contributed by atoms with E-state index >= 15 is 0 Å². The summed E-state index contributed by atoms with van der Waals surface area (Å²) in [4.78, 5) is 39.9. The number of hydrogen-bond donors (Lipinski definition) is 2. The first-order valence-corrected chi connectivity index (χ1v) is 9.28. The van der Waals surface area contributed by atoms with Crippen LogP contribution in [0.1, 0.15) is 27.4 Å². The third kappa shape index (κ3) is 3.18. The zero-order chi connectivity index (χ0) is 19.8. The van der Waals surface area contributed by atoms with Crippen LogP contribution in [0.4, 0.5) is 10.5 Å². The predicted molar refractivity (Wildman–Crippen MR) is 104 cm³/mol. The van der Waals surface area contributed by atoms with Gasteiger partial charge in [0, 0.05) is 31.9 Å². The topological polar surface area (TPSA) is 89.9 Å². The van der Waals surface area contributed by atoms with Gasteiger partial charge in [0.2, 0.25) is 0 Å². The van der Waals surface area contributed by atoms with E-state index in [1.165, 1.54) is 4.90 Å². The normalized spacial score (nSPS) is 18.6. The molecule has 144 valence electrons. The van der Waals surface area contributed by atoms with E-state index in [4.69, 9.17) is 11.6 Å². The molecule has 0 bridgehead atoms. The molecule has 1 saturated heterocycles. The SMILES string of the molecule is O=C(O)C1CN(C(=O)c2cc(N3CCNC3=O)ccc2Cl)Cc2ccccc21. The minimum absolute atomic E-state index is 0.0654. The van der Waals surface area contributed by atoms with Crippen molar-refractivity contribution in [2.24, 2.45) is 0 Å². The number of carboxylic acid groups (broad SMARTS) is 1. The van der Waals surface area contributed by atoms with Crippen LogP contribution in [0.3, 0.4) is 0 Å². The van der Waals surface area contributed by atoms with E-state index in [0.717, 1.165) is 11.1 Å². The van der Waals surface area contributed by atoms with E-state index in [0.29, 0.717) is 25.3 Å². The number of fused-ring (bicyclic) bond motifs is 1. The maximum atomic E-state index is 13.2. The molecular formula is C20H18ClN3O4. The number of hydrogen-bond acceptors (Lipinski definition) is 3. The summed E-state index contributed by atoms with van der Waals surface area (Å²) in [7, 11) is 0. The Morgan fingerprint density at radius 2 is 1.96 bits per heavy atom. The monoisotopic (exact) mass is 399 g/mol. The van der Waals surface area contributed by atoms with Gasteiger partial charge in [0.1, 0.15) is 0 Å². The van der Waals surface area contributed by atoms with Crippen molar-refractivity contribution >= 4 is 35.2 Å². The van der Waals surface area contributed by atoms with Crippen molar-refractivity contribution in [1.82, 2.24) is 10.2 Å². The number of amides is 3. The number of rotatable bonds is 3. The molecule has 1 fully saturated rings. The van der Waals surface area contributed by atoms with Crippen molar-refractivity contribution in [2.45, 2.75) is 12.5 Å². The van der Waals surface area contributed by atoms with Gasteiger partial charge < -0.3 is 15.3 Å². The fourth-order valence-electron chi connectivity index (χ4n) is 3.71. The standard InChI is InChI=1S/C20H18ClN3O4/c21-17-6-5-13(24-8-7-22-20(24)28)9-15(17)18(25)23-10-12-3-1-2-4-14(12)16(11-23)19(26)27/h1-6,9,16H,7-8,10-11H2,(H,22,28)(H,26,27). The van der Waals surface area contributed by atoms with Crippen molar-refractivity contribution in [1.29, 1.82) is 0 Å². The predicted octanol–water partition coefficient (Wildman–Crippen LogP) is 2.69. The third-order valence-electron chi connectivity index (χ3n) is 5.13. The molecule has 4 rings (SSSR count). The molecule has 1 atom stereocenters. The van der Waals surface area contributed by atoms with Gasteiger partial charge in [0.25, 0.3) is 5.91 Å². The number of nitrogens with zero attached hydrogens (tertiary/aromatic N) is 2. The number of benzene rings is 2. The second-order valence-corrected chi connectivity index (χ2v) is 7.23. The zero-order valence-electron chi connectivity index (χ0n) is 14.9. The third-order valence-corrected chi connectivity index (χ3v) is 5.46. The van der Waals surface area contributed by atoms with Crippen LogP contribution in [0.5, 0.6) is 0 Å². The van der Waals surface area contributed by atoms with E-state index in [1.807, 2.05) is 12.1 Å². The lowest BCUT2D eigenvalue weighted by atomic mass is 9.89.